The lowest BCUT2D eigenvalue weighted by atomic mass is 10.0. The molecule has 2 fully saturated rings. The molecule has 0 saturated carbocycles. The summed E-state index contributed by atoms with van der Waals surface area (Å²) in [5, 5.41) is 1.94. The van der Waals surface area contributed by atoms with Crippen LogP contribution < -0.4 is 0 Å². The molecule has 0 radical (unpaired) electrons. The van der Waals surface area contributed by atoms with E-state index in [4.69, 9.17) is 0 Å². The molecule has 2 saturated heterocycles. The highest BCUT2D eigenvalue weighted by atomic mass is 32.2. The Bertz CT molecular complexity index is 559. The van der Waals surface area contributed by atoms with Crippen molar-refractivity contribution in [3.8, 4) is 0 Å². The number of hydrogen-bond acceptors (Lipinski definition) is 5. The van der Waals surface area contributed by atoms with Crippen molar-refractivity contribution in [3.63, 3.8) is 0 Å². The maximum absolute atomic E-state index is 12.5. The Morgan fingerprint density at radius 2 is 1.87 bits per heavy atom. The largest absolute Gasteiger partial charge is 0.342 e. The Kier molecular flexibility index (Phi) is 5.77. The number of hydrogen-bond donors (Lipinski definition) is 0. The molecule has 3 heterocycles. The average molecular weight is 353 g/mol. The zero-order valence-corrected chi connectivity index (χ0v) is 15.3. The number of carbonyl (C=O) groups is 2. The topological polar surface area (TPSA) is 40.6 Å². The molecule has 1 aromatic rings. The van der Waals surface area contributed by atoms with Gasteiger partial charge in [-0.1, -0.05) is 0 Å². The quantitative estimate of drug-likeness (QED) is 0.781. The molecule has 1 amide bonds. The molecular weight excluding hydrogens is 328 g/mol. The van der Waals surface area contributed by atoms with Gasteiger partial charge in [0.05, 0.1) is 11.3 Å². The fraction of sp³-hybridized carbons (Fsp3) is 0.647. The smallest absolute Gasteiger partial charge is 0.227 e. The molecule has 3 rings (SSSR count). The van der Waals surface area contributed by atoms with Gasteiger partial charge in [0.25, 0.3) is 0 Å². The van der Waals surface area contributed by atoms with Gasteiger partial charge in [-0.25, -0.2) is 0 Å². The molecule has 126 valence electrons. The molecule has 0 N–H and O–H groups in total. The number of thiophene rings is 1. The third-order valence-electron chi connectivity index (χ3n) is 4.74. The molecule has 1 aromatic heterocycles. The van der Waals surface area contributed by atoms with Crippen molar-refractivity contribution >= 4 is 34.8 Å². The van der Waals surface area contributed by atoms with Crippen LogP contribution in [0.4, 0.5) is 0 Å². The Balaban J connectivity index is 1.48. The van der Waals surface area contributed by atoms with E-state index >= 15 is 0 Å². The highest BCUT2D eigenvalue weighted by Crippen LogP contribution is 2.22. The van der Waals surface area contributed by atoms with E-state index in [2.05, 4.69) is 4.90 Å². The molecule has 0 atom stereocenters. The van der Waals surface area contributed by atoms with Crippen LogP contribution >= 0.6 is 23.1 Å². The highest BCUT2D eigenvalue weighted by Gasteiger charge is 2.27. The third-order valence-corrected chi connectivity index (χ3v) is 6.76. The van der Waals surface area contributed by atoms with Crippen LogP contribution in [0.2, 0.25) is 0 Å². The summed E-state index contributed by atoms with van der Waals surface area (Å²) in [5.41, 5.74) is 0.973. The molecular formula is C17H24N2O2S2. The summed E-state index contributed by atoms with van der Waals surface area (Å²) in [4.78, 5) is 29.2. The molecule has 2 aliphatic heterocycles. The molecule has 0 spiro atoms. The van der Waals surface area contributed by atoms with E-state index in [1.165, 1.54) is 35.9 Å². The van der Waals surface area contributed by atoms with E-state index in [-0.39, 0.29) is 11.7 Å². The molecule has 23 heavy (non-hydrogen) atoms. The van der Waals surface area contributed by atoms with Gasteiger partial charge in [-0.15, -0.1) is 11.3 Å². The first-order valence-electron chi connectivity index (χ1n) is 8.31. The second-order valence-corrected chi connectivity index (χ2v) is 8.45. The van der Waals surface area contributed by atoms with Gasteiger partial charge in [0.15, 0.2) is 5.78 Å². The zero-order valence-electron chi connectivity index (χ0n) is 13.6. The first-order chi connectivity index (χ1) is 11.1. The van der Waals surface area contributed by atoms with Crippen molar-refractivity contribution < 1.29 is 9.59 Å². The fourth-order valence-corrected chi connectivity index (χ4v) is 5.11. The molecule has 2 aliphatic rings. The summed E-state index contributed by atoms with van der Waals surface area (Å²) in [6.07, 6.45) is 2.62. The maximum Gasteiger partial charge on any atom is 0.227 e. The van der Waals surface area contributed by atoms with Crippen LogP contribution in [0.3, 0.4) is 0 Å². The Morgan fingerprint density at radius 3 is 2.48 bits per heavy atom. The molecule has 0 bridgehead atoms. The van der Waals surface area contributed by atoms with Crippen LogP contribution in [0, 0.1) is 0 Å². The zero-order chi connectivity index (χ0) is 16.2. The number of amides is 1. The van der Waals surface area contributed by atoms with Crippen molar-refractivity contribution in [1.82, 2.24) is 9.80 Å². The number of nitrogens with zero attached hydrogens (tertiary/aromatic N) is 2. The maximum atomic E-state index is 12.5. The highest BCUT2D eigenvalue weighted by molar-refractivity contribution is 7.99. The second kappa shape index (κ2) is 7.81. The molecule has 0 aliphatic carbocycles. The lowest BCUT2D eigenvalue weighted by Crippen LogP contribution is -2.49. The van der Waals surface area contributed by atoms with Crippen molar-refractivity contribution in [1.29, 1.82) is 0 Å². The normalized spacial score (nSPS) is 20.7. The van der Waals surface area contributed by atoms with Gasteiger partial charge in [-0.3, -0.25) is 14.5 Å². The van der Waals surface area contributed by atoms with Gasteiger partial charge in [0.1, 0.15) is 0 Å². The molecule has 0 aromatic carbocycles. The van der Waals surface area contributed by atoms with E-state index in [0.717, 1.165) is 36.4 Å². The van der Waals surface area contributed by atoms with Crippen molar-refractivity contribution in [3.05, 3.63) is 21.9 Å². The van der Waals surface area contributed by atoms with Gasteiger partial charge in [0.2, 0.25) is 5.91 Å². The minimum Gasteiger partial charge on any atom is -0.342 e. The average Bonchev–Trinajstić information content (AvgIpc) is 3.04. The van der Waals surface area contributed by atoms with E-state index in [9.17, 15) is 9.59 Å². The Morgan fingerprint density at radius 1 is 1.17 bits per heavy atom. The Hall–Kier alpha value is -0.850. The number of rotatable bonds is 4. The number of piperidine rings is 1. The van der Waals surface area contributed by atoms with Crippen molar-refractivity contribution in [2.24, 2.45) is 0 Å². The summed E-state index contributed by atoms with van der Waals surface area (Å²) in [6.45, 7) is 5.72. The summed E-state index contributed by atoms with van der Waals surface area (Å²) in [7, 11) is 0. The van der Waals surface area contributed by atoms with Gasteiger partial charge >= 0.3 is 0 Å². The Labute approximate surface area is 146 Å². The lowest BCUT2D eigenvalue weighted by Gasteiger charge is -2.40. The van der Waals surface area contributed by atoms with Crippen LogP contribution in [0.25, 0.3) is 0 Å². The van der Waals surface area contributed by atoms with Crippen LogP contribution in [-0.4, -0.2) is 65.2 Å². The van der Waals surface area contributed by atoms with E-state index in [0.29, 0.717) is 12.5 Å². The van der Waals surface area contributed by atoms with Gasteiger partial charge in [0, 0.05) is 43.7 Å². The molecule has 4 nitrogen and oxygen atoms in total. The summed E-state index contributed by atoms with van der Waals surface area (Å²) < 4.78 is 0. The third kappa shape index (κ3) is 4.37. The van der Waals surface area contributed by atoms with E-state index in [1.807, 2.05) is 28.1 Å². The fourth-order valence-electron chi connectivity index (χ4n) is 3.36. The van der Waals surface area contributed by atoms with E-state index < -0.39 is 0 Å². The number of likely N-dealkylation sites (tertiary alicyclic amines) is 1. The predicted octanol–water partition coefficient (Wildman–Crippen LogP) is 2.53. The molecule has 6 heteroatoms. The number of Topliss-reactive ketones (excluding diaryl/α,β-unsaturated/α-hetero) is 1. The number of ketones is 1. The van der Waals surface area contributed by atoms with Crippen LogP contribution in [-0.2, 0) is 11.2 Å². The van der Waals surface area contributed by atoms with Gasteiger partial charge in [-0.2, -0.15) is 11.8 Å². The molecule has 0 unspecified atom stereocenters. The van der Waals surface area contributed by atoms with E-state index in [1.54, 1.807) is 6.92 Å². The standard InChI is InChI=1S/C17H24N2O2S2/c1-13(20)16-10-14(12-23-16)11-17(21)19-4-2-15(3-5-19)18-6-8-22-9-7-18/h10,12,15H,2-9,11H2,1H3. The summed E-state index contributed by atoms with van der Waals surface area (Å²) in [5.74, 6) is 2.77. The van der Waals surface area contributed by atoms with Crippen molar-refractivity contribution in [2.75, 3.05) is 37.7 Å². The SMILES string of the molecule is CC(=O)c1cc(CC(=O)N2CCC(N3CCSCC3)CC2)cs1. The summed E-state index contributed by atoms with van der Waals surface area (Å²) >= 11 is 3.48. The minimum absolute atomic E-state index is 0.0780. The number of carbonyl (C=O) groups excluding carboxylic acids is 2. The summed E-state index contributed by atoms with van der Waals surface area (Å²) in [6, 6.07) is 2.52. The van der Waals surface area contributed by atoms with Gasteiger partial charge in [-0.05, 0) is 36.8 Å². The monoisotopic (exact) mass is 352 g/mol. The van der Waals surface area contributed by atoms with Crippen LogP contribution in [0.1, 0.15) is 35.0 Å². The predicted molar refractivity (Wildman–Crippen MR) is 96.5 cm³/mol. The van der Waals surface area contributed by atoms with Crippen LogP contribution in [0.15, 0.2) is 11.4 Å². The lowest BCUT2D eigenvalue weighted by molar-refractivity contribution is -0.132. The van der Waals surface area contributed by atoms with Crippen LogP contribution in [0.5, 0.6) is 0 Å². The number of thioether (sulfide) groups is 1. The van der Waals surface area contributed by atoms with Gasteiger partial charge < -0.3 is 4.90 Å². The minimum atomic E-state index is 0.0780. The second-order valence-electron chi connectivity index (χ2n) is 6.31. The van der Waals surface area contributed by atoms with Crippen molar-refractivity contribution in [2.45, 2.75) is 32.2 Å². The first kappa shape index (κ1) is 17.0. The first-order valence-corrected chi connectivity index (χ1v) is 10.3.